The van der Waals surface area contributed by atoms with Crippen molar-refractivity contribution in [3.63, 3.8) is 0 Å². The van der Waals surface area contributed by atoms with E-state index in [0.29, 0.717) is 12.2 Å². The van der Waals surface area contributed by atoms with E-state index in [-0.39, 0.29) is 0 Å². The summed E-state index contributed by atoms with van der Waals surface area (Å²) in [6, 6.07) is 13.2. The quantitative estimate of drug-likeness (QED) is 0.609. The lowest BCUT2D eigenvalue weighted by molar-refractivity contribution is 0.344. The lowest BCUT2D eigenvalue weighted by atomic mass is 10.2. The molecule has 90 valence electrons. The Bertz CT molecular complexity index is 537. The van der Waals surface area contributed by atoms with Crippen LogP contribution < -0.4 is 4.74 Å². The van der Waals surface area contributed by atoms with Crippen molar-refractivity contribution >= 4 is 11.8 Å². The van der Waals surface area contributed by atoms with Crippen LogP contribution in [0.4, 0.5) is 0 Å². The first-order valence-electron chi connectivity index (χ1n) is 5.54. The summed E-state index contributed by atoms with van der Waals surface area (Å²) in [7, 11) is 0. The molecule has 1 aromatic heterocycles. The number of thioether (sulfide) groups is 1. The molecule has 0 saturated heterocycles. The number of rotatable bonds is 5. The van der Waals surface area contributed by atoms with E-state index in [1.54, 1.807) is 36.3 Å². The third-order valence-corrected chi connectivity index (χ3v) is 3.21. The summed E-state index contributed by atoms with van der Waals surface area (Å²) in [6.45, 7) is 0.613. The van der Waals surface area contributed by atoms with E-state index < -0.39 is 0 Å². The predicted molar refractivity (Wildman–Crippen MR) is 71.6 cm³/mol. The Morgan fingerprint density at radius 2 is 2.06 bits per heavy atom. The van der Waals surface area contributed by atoms with E-state index in [1.807, 2.05) is 24.3 Å². The summed E-state index contributed by atoms with van der Waals surface area (Å²) in [4.78, 5) is 5.15. The molecule has 1 heterocycles. The van der Waals surface area contributed by atoms with E-state index in [1.165, 1.54) is 4.90 Å². The molecule has 2 aromatic rings. The number of aromatic nitrogens is 1. The van der Waals surface area contributed by atoms with Gasteiger partial charge in [-0.1, -0.05) is 6.07 Å². The van der Waals surface area contributed by atoms with Crippen molar-refractivity contribution in [1.29, 1.82) is 5.26 Å². The van der Waals surface area contributed by atoms with Gasteiger partial charge in [-0.3, -0.25) is 4.98 Å². The van der Waals surface area contributed by atoms with Gasteiger partial charge in [-0.15, -0.1) is 11.8 Å². The van der Waals surface area contributed by atoms with Crippen LogP contribution >= 0.6 is 11.8 Å². The number of nitriles is 1. The van der Waals surface area contributed by atoms with Crippen LogP contribution in [0.1, 0.15) is 5.56 Å². The first-order valence-corrected chi connectivity index (χ1v) is 6.53. The zero-order chi connectivity index (χ0) is 12.6. The van der Waals surface area contributed by atoms with Crippen molar-refractivity contribution in [2.75, 3.05) is 12.4 Å². The zero-order valence-electron chi connectivity index (χ0n) is 9.74. The van der Waals surface area contributed by atoms with Crippen LogP contribution in [-0.4, -0.2) is 17.3 Å². The highest BCUT2D eigenvalue weighted by Gasteiger charge is 1.97. The minimum absolute atomic E-state index is 0.613. The topological polar surface area (TPSA) is 45.9 Å². The summed E-state index contributed by atoms with van der Waals surface area (Å²) in [5.74, 6) is 1.60. The highest BCUT2D eigenvalue weighted by atomic mass is 32.2. The standard InChI is InChI=1S/C14H12N2OS/c15-11-12-2-1-3-13(10-12)17-8-9-18-14-4-6-16-7-5-14/h1-7,10H,8-9H2. The highest BCUT2D eigenvalue weighted by Crippen LogP contribution is 2.17. The van der Waals surface area contributed by atoms with Crippen molar-refractivity contribution in [2.24, 2.45) is 0 Å². The Labute approximate surface area is 110 Å². The molecule has 3 nitrogen and oxygen atoms in total. The molecule has 0 aliphatic rings. The third kappa shape index (κ3) is 3.79. The van der Waals surface area contributed by atoms with Crippen LogP contribution in [0, 0.1) is 11.3 Å². The number of pyridine rings is 1. The Balaban J connectivity index is 1.77. The van der Waals surface area contributed by atoms with Gasteiger partial charge < -0.3 is 4.74 Å². The Kier molecular flexibility index (Phi) is 4.62. The molecule has 0 atom stereocenters. The zero-order valence-corrected chi connectivity index (χ0v) is 10.6. The molecule has 0 N–H and O–H groups in total. The lowest BCUT2D eigenvalue weighted by Crippen LogP contribution is -2.00. The molecule has 0 spiro atoms. The minimum Gasteiger partial charge on any atom is -0.493 e. The van der Waals surface area contributed by atoms with Gasteiger partial charge in [0, 0.05) is 23.0 Å². The molecule has 0 fully saturated rings. The second kappa shape index (κ2) is 6.67. The van der Waals surface area contributed by atoms with Gasteiger partial charge in [0.2, 0.25) is 0 Å². The van der Waals surface area contributed by atoms with E-state index >= 15 is 0 Å². The summed E-state index contributed by atoms with van der Waals surface area (Å²) in [5.41, 5.74) is 0.620. The molecular formula is C14H12N2OS. The van der Waals surface area contributed by atoms with Gasteiger partial charge in [0.25, 0.3) is 0 Å². The van der Waals surface area contributed by atoms with Crippen molar-refractivity contribution < 1.29 is 4.74 Å². The first-order chi connectivity index (χ1) is 8.88. The fraction of sp³-hybridized carbons (Fsp3) is 0.143. The second-order valence-electron chi connectivity index (χ2n) is 3.52. The lowest BCUT2D eigenvalue weighted by Gasteiger charge is -2.06. The van der Waals surface area contributed by atoms with Crippen LogP contribution in [-0.2, 0) is 0 Å². The summed E-state index contributed by atoms with van der Waals surface area (Å²) >= 11 is 1.72. The monoisotopic (exact) mass is 256 g/mol. The highest BCUT2D eigenvalue weighted by molar-refractivity contribution is 7.99. The number of benzene rings is 1. The molecule has 0 amide bonds. The molecule has 0 unspecified atom stereocenters. The number of ether oxygens (including phenoxy) is 1. The van der Waals surface area contributed by atoms with Crippen LogP contribution in [0.2, 0.25) is 0 Å². The predicted octanol–water partition coefficient (Wildman–Crippen LogP) is 3.12. The van der Waals surface area contributed by atoms with Crippen LogP contribution in [0.15, 0.2) is 53.7 Å². The minimum atomic E-state index is 0.613. The summed E-state index contributed by atoms with van der Waals surface area (Å²) < 4.78 is 5.58. The summed E-state index contributed by atoms with van der Waals surface area (Å²) in [6.07, 6.45) is 3.55. The van der Waals surface area contributed by atoms with Crippen molar-refractivity contribution in [3.8, 4) is 11.8 Å². The van der Waals surface area contributed by atoms with Crippen LogP contribution in [0.25, 0.3) is 0 Å². The van der Waals surface area contributed by atoms with Gasteiger partial charge in [-0.25, -0.2) is 0 Å². The molecule has 18 heavy (non-hydrogen) atoms. The first kappa shape index (κ1) is 12.5. The Morgan fingerprint density at radius 1 is 1.22 bits per heavy atom. The molecule has 0 aliphatic heterocycles. The summed E-state index contributed by atoms with van der Waals surface area (Å²) in [5, 5.41) is 8.77. The maximum Gasteiger partial charge on any atom is 0.120 e. The van der Waals surface area contributed by atoms with E-state index in [2.05, 4.69) is 11.1 Å². The maximum absolute atomic E-state index is 8.77. The molecule has 1 aromatic carbocycles. The van der Waals surface area contributed by atoms with Crippen molar-refractivity contribution in [1.82, 2.24) is 4.98 Å². The second-order valence-corrected chi connectivity index (χ2v) is 4.69. The van der Waals surface area contributed by atoms with Gasteiger partial charge >= 0.3 is 0 Å². The normalized spacial score (nSPS) is 9.72. The van der Waals surface area contributed by atoms with Gasteiger partial charge in [0.1, 0.15) is 5.75 Å². The molecule has 0 saturated carbocycles. The number of hydrogen-bond donors (Lipinski definition) is 0. The van der Waals surface area contributed by atoms with Gasteiger partial charge in [-0.2, -0.15) is 5.26 Å². The van der Waals surface area contributed by atoms with Gasteiger partial charge in [0.15, 0.2) is 0 Å². The molecule has 0 aliphatic carbocycles. The largest absolute Gasteiger partial charge is 0.493 e. The van der Waals surface area contributed by atoms with Crippen molar-refractivity contribution in [3.05, 3.63) is 54.4 Å². The Hall–Kier alpha value is -1.99. The van der Waals surface area contributed by atoms with E-state index in [4.69, 9.17) is 10.00 Å². The molecular weight excluding hydrogens is 244 g/mol. The molecule has 4 heteroatoms. The van der Waals surface area contributed by atoms with Crippen LogP contribution in [0.5, 0.6) is 5.75 Å². The number of nitrogens with zero attached hydrogens (tertiary/aromatic N) is 2. The average Bonchev–Trinajstić information content (AvgIpc) is 2.45. The van der Waals surface area contributed by atoms with Crippen molar-refractivity contribution in [2.45, 2.75) is 4.90 Å². The SMILES string of the molecule is N#Cc1cccc(OCCSc2ccncc2)c1. The van der Waals surface area contributed by atoms with E-state index in [0.717, 1.165) is 11.5 Å². The van der Waals surface area contributed by atoms with E-state index in [9.17, 15) is 0 Å². The number of hydrogen-bond acceptors (Lipinski definition) is 4. The fourth-order valence-electron chi connectivity index (χ4n) is 1.41. The fourth-order valence-corrected chi connectivity index (χ4v) is 2.13. The van der Waals surface area contributed by atoms with Gasteiger partial charge in [0.05, 0.1) is 18.2 Å². The molecule has 2 rings (SSSR count). The molecule has 0 bridgehead atoms. The Morgan fingerprint density at radius 3 is 2.83 bits per heavy atom. The van der Waals surface area contributed by atoms with Crippen LogP contribution in [0.3, 0.4) is 0 Å². The average molecular weight is 256 g/mol. The maximum atomic E-state index is 8.77. The third-order valence-electron chi connectivity index (χ3n) is 2.23. The van der Waals surface area contributed by atoms with Gasteiger partial charge in [-0.05, 0) is 30.3 Å². The molecule has 0 radical (unpaired) electrons. The smallest absolute Gasteiger partial charge is 0.120 e.